The van der Waals surface area contributed by atoms with Crippen LogP contribution in [0.25, 0.3) is 0 Å². The van der Waals surface area contributed by atoms with Gasteiger partial charge in [0.15, 0.2) is 0 Å². The van der Waals surface area contributed by atoms with Crippen LogP contribution in [0.1, 0.15) is 40.0 Å². The lowest BCUT2D eigenvalue weighted by atomic mass is 9.71. The van der Waals surface area contributed by atoms with Crippen LogP contribution >= 0.6 is 0 Å². The van der Waals surface area contributed by atoms with E-state index < -0.39 is 0 Å². The molecule has 2 atom stereocenters. The van der Waals surface area contributed by atoms with Gasteiger partial charge in [0.05, 0.1) is 0 Å². The summed E-state index contributed by atoms with van der Waals surface area (Å²) in [5.74, 6) is 0.726. The molecule has 1 rings (SSSR count). The molecule has 0 heterocycles. The number of nitrogens with two attached hydrogens (primary N) is 1. The summed E-state index contributed by atoms with van der Waals surface area (Å²) in [7, 11) is 0. The zero-order valence-corrected chi connectivity index (χ0v) is 7.35. The van der Waals surface area contributed by atoms with Crippen LogP contribution in [-0.4, -0.2) is 6.04 Å². The van der Waals surface area contributed by atoms with E-state index in [2.05, 4.69) is 20.8 Å². The van der Waals surface area contributed by atoms with Gasteiger partial charge in [-0.25, -0.2) is 0 Å². The zero-order valence-electron chi connectivity index (χ0n) is 7.35. The van der Waals surface area contributed by atoms with Gasteiger partial charge in [-0.05, 0) is 30.6 Å². The molecule has 1 fully saturated rings. The predicted octanol–water partition coefficient (Wildman–Crippen LogP) is 2.16. The highest BCUT2D eigenvalue weighted by molar-refractivity contribution is 4.84. The van der Waals surface area contributed by atoms with Crippen LogP contribution in [0.5, 0.6) is 0 Å². The maximum absolute atomic E-state index is 5.90. The quantitative estimate of drug-likeness (QED) is 0.549. The summed E-state index contributed by atoms with van der Waals surface area (Å²) < 4.78 is 0. The second-order valence-electron chi connectivity index (χ2n) is 4.55. The minimum atomic E-state index is 0.466. The van der Waals surface area contributed by atoms with Crippen molar-refractivity contribution in [1.29, 1.82) is 0 Å². The van der Waals surface area contributed by atoms with Gasteiger partial charge < -0.3 is 5.73 Å². The van der Waals surface area contributed by atoms with Crippen LogP contribution in [-0.2, 0) is 0 Å². The highest BCUT2D eigenvalue weighted by Crippen LogP contribution is 2.37. The summed E-state index contributed by atoms with van der Waals surface area (Å²) in [6.45, 7) is 6.95. The van der Waals surface area contributed by atoms with Gasteiger partial charge in [0.1, 0.15) is 0 Å². The third-order valence-corrected chi connectivity index (χ3v) is 2.76. The largest absolute Gasteiger partial charge is 0.327 e. The Morgan fingerprint density at radius 3 is 2.40 bits per heavy atom. The van der Waals surface area contributed by atoms with Gasteiger partial charge >= 0.3 is 0 Å². The molecule has 0 aliphatic heterocycles. The fourth-order valence-electron chi connectivity index (χ4n) is 1.97. The van der Waals surface area contributed by atoms with Gasteiger partial charge in [0.2, 0.25) is 0 Å². The van der Waals surface area contributed by atoms with Crippen molar-refractivity contribution in [3.05, 3.63) is 0 Å². The Kier molecular flexibility index (Phi) is 2.04. The van der Waals surface area contributed by atoms with Gasteiger partial charge in [-0.1, -0.05) is 20.8 Å². The Morgan fingerprint density at radius 1 is 1.40 bits per heavy atom. The van der Waals surface area contributed by atoms with Crippen LogP contribution in [0.4, 0.5) is 0 Å². The lowest BCUT2D eigenvalue weighted by Crippen LogP contribution is -2.37. The summed E-state index contributed by atoms with van der Waals surface area (Å²) in [5.41, 5.74) is 6.45. The Hall–Kier alpha value is -0.0400. The second kappa shape index (κ2) is 2.54. The smallest absolute Gasteiger partial charge is 0.00649 e. The van der Waals surface area contributed by atoms with Crippen LogP contribution in [0, 0.1) is 11.3 Å². The van der Waals surface area contributed by atoms with E-state index in [1.807, 2.05) is 0 Å². The van der Waals surface area contributed by atoms with Gasteiger partial charge in [-0.2, -0.15) is 0 Å². The molecule has 60 valence electrons. The molecule has 10 heavy (non-hydrogen) atoms. The normalized spacial score (nSPS) is 39.6. The monoisotopic (exact) mass is 141 g/mol. The first-order valence-corrected chi connectivity index (χ1v) is 4.27. The summed E-state index contributed by atoms with van der Waals surface area (Å²) in [5, 5.41) is 0. The van der Waals surface area contributed by atoms with Crippen LogP contribution in [0.15, 0.2) is 0 Å². The molecule has 0 saturated heterocycles. The standard InChI is InChI=1S/C9H19N/c1-7-6-9(2,3)5-4-8(7)10/h7-8H,4-6,10H2,1-3H3. The SMILES string of the molecule is CC1CC(C)(C)CCC1N. The maximum Gasteiger partial charge on any atom is 0.00649 e. The van der Waals surface area contributed by atoms with Gasteiger partial charge in [0, 0.05) is 6.04 Å². The zero-order chi connectivity index (χ0) is 7.78. The van der Waals surface area contributed by atoms with E-state index in [0.717, 1.165) is 5.92 Å². The van der Waals surface area contributed by atoms with E-state index in [4.69, 9.17) is 5.73 Å². The highest BCUT2D eigenvalue weighted by atomic mass is 14.7. The minimum Gasteiger partial charge on any atom is -0.327 e. The molecule has 1 heteroatoms. The molecule has 1 saturated carbocycles. The molecule has 0 bridgehead atoms. The van der Waals surface area contributed by atoms with Gasteiger partial charge in [-0.3, -0.25) is 0 Å². The van der Waals surface area contributed by atoms with E-state index in [9.17, 15) is 0 Å². The average Bonchev–Trinajstić information content (AvgIpc) is 1.79. The van der Waals surface area contributed by atoms with Crippen molar-refractivity contribution in [2.75, 3.05) is 0 Å². The highest BCUT2D eigenvalue weighted by Gasteiger charge is 2.29. The molecule has 1 aliphatic carbocycles. The molecule has 0 aromatic heterocycles. The van der Waals surface area contributed by atoms with Crippen molar-refractivity contribution in [2.24, 2.45) is 17.1 Å². The molecule has 0 radical (unpaired) electrons. The number of hydrogen-bond donors (Lipinski definition) is 1. The molecular weight excluding hydrogens is 122 g/mol. The lowest BCUT2D eigenvalue weighted by molar-refractivity contribution is 0.169. The first-order valence-electron chi connectivity index (χ1n) is 4.27. The number of rotatable bonds is 0. The van der Waals surface area contributed by atoms with E-state index >= 15 is 0 Å². The van der Waals surface area contributed by atoms with E-state index in [1.54, 1.807) is 0 Å². The van der Waals surface area contributed by atoms with Gasteiger partial charge in [-0.15, -0.1) is 0 Å². The van der Waals surface area contributed by atoms with Crippen molar-refractivity contribution < 1.29 is 0 Å². The Bertz CT molecular complexity index is 118. The van der Waals surface area contributed by atoms with E-state index in [-0.39, 0.29) is 0 Å². The first-order chi connectivity index (χ1) is 4.51. The summed E-state index contributed by atoms with van der Waals surface area (Å²) in [6, 6.07) is 0.466. The average molecular weight is 141 g/mol. The maximum atomic E-state index is 5.90. The van der Waals surface area contributed by atoms with Crippen LogP contribution in [0.2, 0.25) is 0 Å². The van der Waals surface area contributed by atoms with Crippen molar-refractivity contribution >= 4 is 0 Å². The van der Waals surface area contributed by atoms with Crippen molar-refractivity contribution in [3.8, 4) is 0 Å². The molecule has 0 aromatic carbocycles. The van der Waals surface area contributed by atoms with E-state index in [0.29, 0.717) is 11.5 Å². The molecule has 0 amide bonds. The van der Waals surface area contributed by atoms with Crippen LogP contribution in [0.3, 0.4) is 0 Å². The van der Waals surface area contributed by atoms with Crippen molar-refractivity contribution in [2.45, 2.75) is 46.1 Å². The lowest BCUT2D eigenvalue weighted by Gasteiger charge is -2.37. The fourth-order valence-corrected chi connectivity index (χ4v) is 1.97. The molecule has 0 aromatic rings. The third kappa shape index (κ3) is 1.72. The minimum absolute atomic E-state index is 0.466. The summed E-state index contributed by atoms with van der Waals surface area (Å²) >= 11 is 0. The fraction of sp³-hybridized carbons (Fsp3) is 1.00. The molecule has 1 nitrogen and oxygen atoms in total. The summed E-state index contributed by atoms with van der Waals surface area (Å²) in [6.07, 6.45) is 3.82. The Labute approximate surface area is 64.0 Å². The van der Waals surface area contributed by atoms with Crippen molar-refractivity contribution in [1.82, 2.24) is 0 Å². The predicted molar refractivity (Wildman–Crippen MR) is 44.8 cm³/mol. The van der Waals surface area contributed by atoms with Gasteiger partial charge in [0.25, 0.3) is 0 Å². The van der Waals surface area contributed by atoms with E-state index in [1.165, 1.54) is 19.3 Å². The molecule has 1 aliphatic rings. The molecule has 0 spiro atoms. The molecule has 2 unspecified atom stereocenters. The number of hydrogen-bond acceptors (Lipinski definition) is 1. The molecule has 2 N–H and O–H groups in total. The topological polar surface area (TPSA) is 26.0 Å². The second-order valence-corrected chi connectivity index (χ2v) is 4.55. The first kappa shape index (κ1) is 8.06. The Balaban J connectivity index is 2.49. The Morgan fingerprint density at radius 2 is 2.00 bits per heavy atom. The van der Waals surface area contributed by atoms with Crippen molar-refractivity contribution in [3.63, 3.8) is 0 Å². The third-order valence-electron chi connectivity index (χ3n) is 2.76. The summed E-state index contributed by atoms with van der Waals surface area (Å²) in [4.78, 5) is 0. The molecular formula is C9H19N. The van der Waals surface area contributed by atoms with Crippen LogP contribution < -0.4 is 5.73 Å².